The molecule has 10 heteroatoms. The lowest BCUT2D eigenvalue weighted by Crippen LogP contribution is -2.26. The van der Waals surface area contributed by atoms with E-state index in [9.17, 15) is 8.42 Å². The molecule has 3 rings (SSSR count). The minimum Gasteiger partial charge on any atom is -0.497 e. The highest BCUT2D eigenvalue weighted by Crippen LogP contribution is 2.29. The van der Waals surface area contributed by atoms with Gasteiger partial charge in [-0.25, -0.2) is 17.8 Å². The zero-order chi connectivity index (χ0) is 23.7. The third-order valence-corrected chi connectivity index (χ3v) is 5.30. The van der Waals surface area contributed by atoms with E-state index in [2.05, 4.69) is 9.82 Å². The second-order valence-electron chi connectivity index (χ2n) is 7.06. The largest absolute Gasteiger partial charge is 0.497 e. The molecule has 0 amide bonds. The normalized spacial score (nSPS) is 11.4. The first kappa shape index (κ1) is 24.6. The third-order valence-electron chi connectivity index (χ3n) is 4.57. The maximum absolute atomic E-state index is 11.1. The van der Waals surface area contributed by atoms with Crippen molar-refractivity contribution in [3.8, 4) is 34.3 Å². The highest BCUT2D eigenvalue weighted by Gasteiger charge is 2.13. The van der Waals surface area contributed by atoms with E-state index in [1.54, 1.807) is 11.8 Å². The van der Waals surface area contributed by atoms with Gasteiger partial charge < -0.3 is 18.9 Å². The molecule has 0 unspecified atom stereocenters. The lowest BCUT2D eigenvalue weighted by molar-refractivity contribution is 0.108. The molecule has 0 atom stereocenters. The van der Waals surface area contributed by atoms with Crippen molar-refractivity contribution in [1.29, 1.82) is 0 Å². The van der Waals surface area contributed by atoms with Crippen LogP contribution in [0.5, 0.6) is 17.4 Å². The minimum absolute atomic E-state index is 0.202. The molecule has 0 saturated carbocycles. The lowest BCUT2D eigenvalue weighted by Gasteiger charge is -2.10. The Morgan fingerprint density at radius 1 is 0.939 bits per heavy atom. The summed E-state index contributed by atoms with van der Waals surface area (Å²) in [5.74, 6) is 1.89. The van der Waals surface area contributed by atoms with Gasteiger partial charge in [-0.3, -0.25) is 0 Å². The summed E-state index contributed by atoms with van der Waals surface area (Å²) in [6, 6.07) is 17.0. The van der Waals surface area contributed by atoms with Crippen molar-refractivity contribution in [1.82, 2.24) is 14.5 Å². The second-order valence-corrected chi connectivity index (χ2v) is 8.90. The zero-order valence-electron chi connectivity index (χ0n) is 19.0. The highest BCUT2D eigenvalue weighted by atomic mass is 32.2. The van der Waals surface area contributed by atoms with E-state index in [1.165, 1.54) is 0 Å². The standard InChI is InChI=1S/C23H29N3O6S/c1-4-30-15-16-32-23-17-22(26(25-23)19-7-11-20(29-2)12-8-19)18-5-9-21(10-6-18)31-14-13-24-33(3,27)28/h5-12,17,24H,4,13-16H2,1-3H3. The fourth-order valence-electron chi connectivity index (χ4n) is 3.02. The Balaban J connectivity index is 1.78. The molecular weight excluding hydrogens is 446 g/mol. The number of sulfonamides is 1. The van der Waals surface area contributed by atoms with Crippen molar-refractivity contribution in [3.05, 3.63) is 54.6 Å². The first-order valence-corrected chi connectivity index (χ1v) is 12.4. The predicted molar refractivity (Wildman–Crippen MR) is 126 cm³/mol. The molecule has 0 aliphatic rings. The van der Waals surface area contributed by atoms with Crippen LogP contribution in [0.1, 0.15) is 6.92 Å². The number of nitrogens with zero attached hydrogens (tertiary/aromatic N) is 2. The number of nitrogens with one attached hydrogen (secondary N) is 1. The van der Waals surface area contributed by atoms with E-state index in [1.807, 2.05) is 61.5 Å². The monoisotopic (exact) mass is 475 g/mol. The summed E-state index contributed by atoms with van der Waals surface area (Å²) in [7, 11) is -1.61. The Morgan fingerprint density at radius 3 is 2.27 bits per heavy atom. The molecule has 0 aliphatic carbocycles. The van der Waals surface area contributed by atoms with Crippen LogP contribution in [-0.4, -0.2) is 64.5 Å². The van der Waals surface area contributed by atoms with Crippen LogP contribution >= 0.6 is 0 Å². The number of benzene rings is 2. The molecule has 1 N–H and O–H groups in total. The van der Waals surface area contributed by atoms with Gasteiger partial charge in [-0.15, -0.1) is 5.10 Å². The maximum atomic E-state index is 11.1. The van der Waals surface area contributed by atoms with Gasteiger partial charge in [0.1, 0.15) is 24.7 Å². The molecule has 33 heavy (non-hydrogen) atoms. The molecule has 0 bridgehead atoms. The van der Waals surface area contributed by atoms with Crippen LogP contribution in [0.25, 0.3) is 16.9 Å². The van der Waals surface area contributed by atoms with Crippen LogP contribution in [0, 0.1) is 0 Å². The summed E-state index contributed by atoms with van der Waals surface area (Å²) in [5, 5.41) is 4.62. The summed E-state index contributed by atoms with van der Waals surface area (Å²) in [6.07, 6.45) is 1.11. The maximum Gasteiger partial charge on any atom is 0.233 e. The van der Waals surface area contributed by atoms with E-state index in [4.69, 9.17) is 18.9 Å². The van der Waals surface area contributed by atoms with Crippen molar-refractivity contribution in [2.24, 2.45) is 0 Å². The van der Waals surface area contributed by atoms with Crippen LogP contribution in [0.4, 0.5) is 0 Å². The van der Waals surface area contributed by atoms with Crippen LogP contribution in [0.3, 0.4) is 0 Å². The summed E-state index contributed by atoms with van der Waals surface area (Å²) >= 11 is 0. The first-order chi connectivity index (χ1) is 15.9. The van der Waals surface area contributed by atoms with E-state index < -0.39 is 10.0 Å². The number of aromatic nitrogens is 2. The van der Waals surface area contributed by atoms with E-state index >= 15 is 0 Å². The summed E-state index contributed by atoms with van der Waals surface area (Å²) in [4.78, 5) is 0. The third kappa shape index (κ3) is 7.48. The van der Waals surface area contributed by atoms with Gasteiger partial charge in [-0.2, -0.15) is 0 Å². The predicted octanol–water partition coefficient (Wildman–Crippen LogP) is 2.89. The molecule has 178 valence electrons. The van der Waals surface area contributed by atoms with E-state index in [0.29, 0.717) is 31.5 Å². The molecule has 9 nitrogen and oxygen atoms in total. The average Bonchev–Trinajstić information content (AvgIpc) is 3.23. The summed E-state index contributed by atoms with van der Waals surface area (Å²) < 4.78 is 48.4. The van der Waals surface area contributed by atoms with Gasteiger partial charge >= 0.3 is 0 Å². The van der Waals surface area contributed by atoms with Crippen molar-refractivity contribution >= 4 is 10.0 Å². The Labute approximate surface area is 194 Å². The van der Waals surface area contributed by atoms with Gasteiger partial charge in [0, 0.05) is 24.8 Å². The SMILES string of the molecule is CCOCCOc1cc(-c2ccc(OCCNS(C)(=O)=O)cc2)n(-c2ccc(OC)cc2)n1. The Kier molecular flexibility index (Phi) is 8.70. The summed E-state index contributed by atoms with van der Waals surface area (Å²) in [6.45, 7) is 3.89. The van der Waals surface area contributed by atoms with Crippen molar-refractivity contribution in [2.45, 2.75) is 6.92 Å². The topological polar surface area (TPSA) is 101 Å². The van der Waals surface area contributed by atoms with Crippen LogP contribution in [-0.2, 0) is 14.8 Å². The number of methoxy groups -OCH3 is 1. The molecule has 0 aliphatic heterocycles. The van der Waals surface area contributed by atoms with Gasteiger partial charge in [0.05, 0.1) is 31.4 Å². The van der Waals surface area contributed by atoms with Crippen LogP contribution in [0.15, 0.2) is 54.6 Å². The number of rotatable bonds is 13. The molecular formula is C23H29N3O6S. The molecule has 1 aromatic heterocycles. The van der Waals surface area contributed by atoms with Gasteiger partial charge in [-0.05, 0) is 55.5 Å². The van der Waals surface area contributed by atoms with Crippen LogP contribution < -0.4 is 18.9 Å². The number of hydrogen-bond acceptors (Lipinski definition) is 7. The minimum atomic E-state index is -3.23. The first-order valence-electron chi connectivity index (χ1n) is 10.5. The van der Waals surface area contributed by atoms with Gasteiger partial charge in [0.15, 0.2) is 0 Å². The lowest BCUT2D eigenvalue weighted by atomic mass is 10.1. The fourth-order valence-corrected chi connectivity index (χ4v) is 3.48. The van der Waals surface area contributed by atoms with Gasteiger partial charge in [0.25, 0.3) is 0 Å². The number of ether oxygens (including phenoxy) is 4. The number of hydrogen-bond donors (Lipinski definition) is 1. The molecule has 2 aromatic carbocycles. The van der Waals surface area contributed by atoms with Gasteiger partial charge in [0.2, 0.25) is 15.9 Å². The van der Waals surface area contributed by atoms with Crippen molar-refractivity contribution in [3.63, 3.8) is 0 Å². The second kappa shape index (κ2) is 11.7. The van der Waals surface area contributed by atoms with Crippen molar-refractivity contribution in [2.75, 3.05) is 46.3 Å². The van der Waals surface area contributed by atoms with Gasteiger partial charge in [-0.1, -0.05) is 0 Å². The highest BCUT2D eigenvalue weighted by molar-refractivity contribution is 7.88. The van der Waals surface area contributed by atoms with Crippen LogP contribution in [0.2, 0.25) is 0 Å². The molecule has 0 saturated heterocycles. The molecule has 0 fully saturated rings. The molecule has 0 radical (unpaired) electrons. The van der Waals surface area contributed by atoms with E-state index in [0.717, 1.165) is 29.0 Å². The molecule has 0 spiro atoms. The quantitative estimate of drug-likeness (QED) is 0.379. The van der Waals surface area contributed by atoms with E-state index in [-0.39, 0.29) is 13.2 Å². The Morgan fingerprint density at radius 2 is 1.64 bits per heavy atom. The smallest absolute Gasteiger partial charge is 0.233 e. The zero-order valence-corrected chi connectivity index (χ0v) is 19.8. The Bertz CT molecular complexity index is 1110. The Hall–Kier alpha value is -3.08. The molecule has 1 heterocycles. The average molecular weight is 476 g/mol. The fraction of sp³-hybridized carbons (Fsp3) is 0.348. The summed E-state index contributed by atoms with van der Waals surface area (Å²) in [5.41, 5.74) is 2.62. The van der Waals surface area contributed by atoms with Crippen molar-refractivity contribution < 1.29 is 27.4 Å². The molecule has 3 aromatic rings.